The third-order valence-corrected chi connectivity index (χ3v) is 4.94. The highest BCUT2D eigenvalue weighted by Gasteiger charge is 2.24. The largest absolute Gasteiger partial charge is 0.315 e. The van der Waals surface area contributed by atoms with Crippen molar-refractivity contribution in [3.63, 3.8) is 0 Å². The Labute approximate surface area is 98.2 Å². The van der Waals surface area contributed by atoms with E-state index in [4.69, 9.17) is 0 Å². The summed E-state index contributed by atoms with van der Waals surface area (Å²) >= 11 is 2.14. The van der Waals surface area contributed by atoms with Gasteiger partial charge in [-0.25, -0.2) is 0 Å². The van der Waals surface area contributed by atoms with E-state index in [0.29, 0.717) is 0 Å². The van der Waals surface area contributed by atoms with E-state index in [1.165, 1.54) is 56.9 Å². The molecule has 0 bridgehead atoms. The molecule has 88 valence electrons. The van der Waals surface area contributed by atoms with Gasteiger partial charge in [0.1, 0.15) is 0 Å². The van der Waals surface area contributed by atoms with E-state index in [9.17, 15) is 0 Å². The van der Waals surface area contributed by atoms with Crippen LogP contribution in [0.2, 0.25) is 0 Å². The SMILES string of the molecule is CCN(CC1CCSC1)C1CCCNC1. The molecule has 3 heteroatoms. The number of nitrogens with zero attached hydrogens (tertiary/aromatic N) is 1. The first-order chi connectivity index (χ1) is 7.40. The fourth-order valence-electron chi connectivity index (χ4n) is 2.74. The first kappa shape index (κ1) is 11.7. The van der Waals surface area contributed by atoms with E-state index in [-0.39, 0.29) is 0 Å². The molecular weight excluding hydrogens is 204 g/mol. The molecule has 0 aliphatic carbocycles. The molecule has 2 saturated heterocycles. The van der Waals surface area contributed by atoms with Gasteiger partial charge < -0.3 is 5.32 Å². The Balaban J connectivity index is 1.79. The normalized spacial score (nSPS) is 32.4. The van der Waals surface area contributed by atoms with Crippen molar-refractivity contribution in [2.75, 3.05) is 37.7 Å². The minimum absolute atomic E-state index is 0.814. The number of likely N-dealkylation sites (N-methyl/N-ethyl adjacent to an activating group) is 1. The number of hydrogen-bond donors (Lipinski definition) is 1. The predicted octanol–water partition coefficient (Wildman–Crippen LogP) is 1.81. The van der Waals surface area contributed by atoms with Crippen molar-refractivity contribution in [2.45, 2.75) is 32.2 Å². The molecule has 0 aromatic heterocycles. The van der Waals surface area contributed by atoms with Crippen LogP contribution in [-0.2, 0) is 0 Å². The summed E-state index contributed by atoms with van der Waals surface area (Å²) in [5.41, 5.74) is 0. The lowest BCUT2D eigenvalue weighted by molar-refractivity contribution is 0.154. The van der Waals surface area contributed by atoms with Gasteiger partial charge in [-0.1, -0.05) is 6.92 Å². The Morgan fingerprint density at radius 2 is 2.33 bits per heavy atom. The summed E-state index contributed by atoms with van der Waals surface area (Å²) in [4.78, 5) is 2.71. The van der Waals surface area contributed by atoms with Gasteiger partial charge in [0.25, 0.3) is 0 Å². The Bertz CT molecular complexity index is 174. The van der Waals surface area contributed by atoms with Gasteiger partial charge in [-0.3, -0.25) is 4.90 Å². The van der Waals surface area contributed by atoms with Crippen molar-refractivity contribution >= 4 is 11.8 Å². The van der Waals surface area contributed by atoms with Gasteiger partial charge in [-0.2, -0.15) is 11.8 Å². The third-order valence-electron chi connectivity index (χ3n) is 3.71. The van der Waals surface area contributed by atoms with Gasteiger partial charge in [0.2, 0.25) is 0 Å². The van der Waals surface area contributed by atoms with Crippen LogP contribution >= 0.6 is 11.8 Å². The molecule has 0 spiro atoms. The van der Waals surface area contributed by atoms with E-state index < -0.39 is 0 Å². The van der Waals surface area contributed by atoms with E-state index >= 15 is 0 Å². The van der Waals surface area contributed by atoms with Crippen molar-refractivity contribution in [1.29, 1.82) is 0 Å². The Morgan fingerprint density at radius 1 is 1.40 bits per heavy atom. The van der Waals surface area contributed by atoms with Crippen LogP contribution in [0.4, 0.5) is 0 Å². The van der Waals surface area contributed by atoms with Crippen molar-refractivity contribution in [3.05, 3.63) is 0 Å². The second-order valence-corrected chi connectivity index (χ2v) is 5.97. The van der Waals surface area contributed by atoms with Crippen LogP contribution in [0.1, 0.15) is 26.2 Å². The Hall–Kier alpha value is 0.270. The lowest BCUT2D eigenvalue weighted by Gasteiger charge is -2.35. The molecule has 2 aliphatic rings. The Morgan fingerprint density at radius 3 is 2.93 bits per heavy atom. The summed E-state index contributed by atoms with van der Waals surface area (Å²) in [6, 6.07) is 0.814. The van der Waals surface area contributed by atoms with E-state index in [1.54, 1.807) is 0 Å². The number of piperidine rings is 1. The number of hydrogen-bond acceptors (Lipinski definition) is 3. The molecule has 15 heavy (non-hydrogen) atoms. The average molecular weight is 228 g/mol. The number of thioether (sulfide) groups is 1. The minimum Gasteiger partial charge on any atom is -0.315 e. The molecule has 2 rings (SSSR count). The first-order valence-corrected chi connectivity index (χ1v) is 7.58. The van der Waals surface area contributed by atoms with Gasteiger partial charge in [0.05, 0.1) is 0 Å². The number of nitrogens with one attached hydrogen (secondary N) is 1. The fourth-order valence-corrected chi connectivity index (χ4v) is 4.01. The molecule has 2 atom stereocenters. The van der Waals surface area contributed by atoms with Crippen LogP contribution in [0.5, 0.6) is 0 Å². The highest BCUT2D eigenvalue weighted by Crippen LogP contribution is 2.25. The van der Waals surface area contributed by atoms with Crippen LogP contribution < -0.4 is 5.32 Å². The van der Waals surface area contributed by atoms with Gasteiger partial charge in [-0.05, 0) is 49.8 Å². The lowest BCUT2D eigenvalue weighted by atomic mass is 10.0. The summed E-state index contributed by atoms with van der Waals surface area (Å²) in [7, 11) is 0. The molecule has 0 saturated carbocycles. The molecule has 2 nitrogen and oxygen atoms in total. The molecule has 0 aromatic carbocycles. The molecule has 2 heterocycles. The fraction of sp³-hybridized carbons (Fsp3) is 1.00. The first-order valence-electron chi connectivity index (χ1n) is 6.42. The van der Waals surface area contributed by atoms with Crippen molar-refractivity contribution in [3.8, 4) is 0 Å². The molecule has 0 aromatic rings. The predicted molar refractivity (Wildman–Crippen MR) is 68.6 cm³/mol. The smallest absolute Gasteiger partial charge is 0.0221 e. The summed E-state index contributed by atoms with van der Waals surface area (Å²) < 4.78 is 0. The zero-order chi connectivity index (χ0) is 10.5. The van der Waals surface area contributed by atoms with Crippen LogP contribution in [0.3, 0.4) is 0 Å². The third kappa shape index (κ3) is 3.36. The molecule has 0 amide bonds. The number of rotatable bonds is 4. The quantitative estimate of drug-likeness (QED) is 0.790. The zero-order valence-electron chi connectivity index (χ0n) is 9.87. The molecule has 2 fully saturated rings. The van der Waals surface area contributed by atoms with Gasteiger partial charge >= 0.3 is 0 Å². The van der Waals surface area contributed by atoms with Crippen LogP contribution in [0, 0.1) is 5.92 Å². The Kier molecular flexibility index (Phi) is 4.79. The molecule has 1 N–H and O–H groups in total. The summed E-state index contributed by atoms with van der Waals surface area (Å²) in [6.07, 6.45) is 4.21. The van der Waals surface area contributed by atoms with Crippen molar-refractivity contribution in [1.82, 2.24) is 10.2 Å². The zero-order valence-corrected chi connectivity index (χ0v) is 10.7. The van der Waals surface area contributed by atoms with E-state index in [2.05, 4.69) is 28.9 Å². The molecular formula is C12H24N2S. The van der Waals surface area contributed by atoms with Crippen LogP contribution in [0.25, 0.3) is 0 Å². The average Bonchev–Trinajstić information content (AvgIpc) is 2.80. The standard InChI is InChI=1S/C12H24N2S/c1-2-14(9-11-5-7-15-10-11)12-4-3-6-13-8-12/h11-13H,2-10H2,1H3. The monoisotopic (exact) mass is 228 g/mol. The topological polar surface area (TPSA) is 15.3 Å². The van der Waals surface area contributed by atoms with Crippen molar-refractivity contribution in [2.24, 2.45) is 5.92 Å². The van der Waals surface area contributed by atoms with Gasteiger partial charge in [-0.15, -0.1) is 0 Å². The highest BCUT2D eigenvalue weighted by atomic mass is 32.2. The van der Waals surface area contributed by atoms with Crippen LogP contribution in [-0.4, -0.2) is 48.6 Å². The van der Waals surface area contributed by atoms with E-state index in [0.717, 1.165) is 12.0 Å². The minimum atomic E-state index is 0.814. The summed E-state index contributed by atoms with van der Waals surface area (Å²) in [6.45, 7) is 7.33. The summed E-state index contributed by atoms with van der Waals surface area (Å²) in [5.74, 6) is 3.76. The summed E-state index contributed by atoms with van der Waals surface area (Å²) in [5, 5.41) is 3.53. The van der Waals surface area contributed by atoms with Gasteiger partial charge in [0.15, 0.2) is 0 Å². The van der Waals surface area contributed by atoms with Gasteiger partial charge in [0, 0.05) is 19.1 Å². The second-order valence-electron chi connectivity index (χ2n) is 4.82. The van der Waals surface area contributed by atoms with Crippen molar-refractivity contribution < 1.29 is 0 Å². The van der Waals surface area contributed by atoms with E-state index in [1.807, 2.05) is 0 Å². The maximum atomic E-state index is 3.53. The molecule has 2 unspecified atom stereocenters. The lowest BCUT2D eigenvalue weighted by Crippen LogP contribution is -2.47. The maximum absolute atomic E-state index is 3.53. The van der Waals surface area contributed by atoms with Crippen LogP contribution in [0.15, 0.2) is 0 Å². The maximum Gasteiger partial charge on any atom is 0.0221 e. The second kappa shape index (κ2) is 6.12. The highest BCUT2D eigenvalue weighted by molar-refractivity contribution is 7.99. The molecule has 2 aliphatic heterocycles. The molecule has 0 radical (unpaired) electrons.